The first kappa shape index (κ1) is 27.6. The molecule has 0 N–H and O–H groups in total. The van der Waals surface area contributed by atoms with Crippen LogP contribution in [0.5, 0.6) is 0 Å². The molecule has 0 fully saturated rings. The molecule has 0 nitrogen and oxygen atoms in total. The molecule has 0 heterocycles. The van der Waals surface area contributed by atoms with Crippen molar-refractivity contribution in [3.8, 4) is 22.3 Å². The van der Waals surface area contributed by atoms with Gasteiger partial charge in [-0.3, -0.25) is 0 Å². The number of hydrogen-bond acceptors (Lipinski definition) is 0. The van der Waals surface area contributed by atoms with Gasteiger partial charge in [-0.05, 0) is 0 Å². The largest absolute Gasteiger partial charge is 0.147 e. The van der Waals surface area contributed by atoms with Crippen LogP contribution in [0.15, 0.2) is 84.9 Å². The van der Waals surface area contributed by atoms with Crippen molar-refractivity contribution in [1.29, 1.82) is 0 Å². The van der Waals surface area contributed by atoms with Crippen LogP contribution in [0.2, 0.25) is 8.26 Å². The molecule has 0 atom stereocenters. The average Bonchev–Trinajstić information content (AvgIpc) is 3.42. The van der Waals surface area contributed by atoms with Crippen molar-refractivity contribution in [1.82, 2.24) is 0 Å². The summed E-state index contributed by atoms with van der Waals surface area (Å²) in [4.78, 5) is 0. The van der Waals surface area contributed by atoms with Crippen molar-refractivity contribution in [3.63, 3.8) is 0 Å². The second-order valence-corrected chi connectivity index (χ2v) is 35.5. The van der Waals surface area contributed by atoms with Gasteiger partial charge >= 0.3 is 208 Å². The molecule has 4 aromatic carbocycles. The van der Waals surface area contributed by atoms with Gasteiger partial charge in [0.25, 0.3) is 0 Å². The molecule has 6 rings (SSSR count). The molecule has 0 bridgehead atoms. The molecule has 0 spiro atoms. The van der Waals surface area contributed by atoms with Crippen LogP contribution in [-0.2, 0) is 30.2 Å². The minimum Gasteiger partial charge on any atom is -0.147 e. The maximum atomic E-state index is 2.57. The van der Waals surface area contributed by atoms with Gasteiger partial charge in [0.2, 0.25) is 0 Å². The molecule has 0 aromatic heterocycles. The van der Waals surface area contributed by atoms with Crippen LogP contribution < -0.4 is 6.54 Å². The fourth-order valence-electron chi connectivity index (χ4n) is 7.56. The summed E-state index contributed by atoms with van der Waals surface area (Å²) < 4.78 is 6.32. The van der Waals surface area contributed by atoms with Gasteiger partial charge in [-0.2, -0.15) is 0 Å². The Morgan fingerprint density at radius 2 is 0.944 bits per heavy atom. The van der Waals surface area contributed by atoms with Gasteiger partial charge in [0.1, 0.15) is 0 Å². The maximum absolute atomic E-state index is 3.65. The molecular weight excluding hydrogens is 575 g/mol. The standard InChI is InChI=1S/2C13H9.2C3H7.2ClH.H2Si.Zr/c2*1-3-7-12-10(5-1)9-11-6-2-4-8-13(11)12;2*1-3-2;;;;/h2*1-5,7-8H,9H2;2*1,3H2,2H3;2*1H;1H2;. The van der Waals surface area contributed by atoms with E-state index < -0.39 is 17.4 Å². The average molecular weight is 611 g/mol. The molecule has 0 amide bonds. The van der Waals surface area contributed by atoms with Crippen molar-refractivity contribution in [2.24, 2.45) is 0 Å². The molecule has 0 radical (unpaired) electrons. The molecule has 186 valence electrons. The van der Waals surface area contributed by atoms with Crippen molar-refractivity contribution >= 4 is 38.2 Å². The van der Waals surface area contributed by atoms with Crippen molar-refractivity contribution in [2.45, 2.75) is 47.8 Å². The Morgan fingerprint density at radius 3 is 1.36 bits per heavy atom. The second-order valence-electron chi connectivity index (χ2n) is 10.8. The van der Waals surface area contributed by atoms with E-state index in [0.717, 1.165) is 12.8 Å². The second kappa shape index (κ2) is 10.4. The Hall–Kier alpha value is -1.44. The van der Waals surface area contributed by atoms with Gasteiger partial charge in [0, 0.05) is 0 Å². The van der Waals surface area contributed by atoms with Crippen molar-refractivity contribution < 1.29 is 17.4 Å². The predicted molar refractivity (Wildman–Crippen MR) is 162 cm³/mol. The normalized spacial score (nSPS) is 13.1. The van der Waals surface area contributed by atoms with Gasteiger partial charge in [0.05, 0.1) is 0 Å². The summed E-state index contributed by atoms with van der Waals surface area (Å²) in [6, 6.07) is 32.9. The van der Waals surface area contributed by atoms with E-state index in [1.54, 1.807) is 17.7 Å². The Bertz CT molecular complexity index is 1390. The summed E-state index contributed by atoms with van der Waals surface area (Å²) in [5.74, 6) is 0. The van der Waals surface area contributed by atoms with Gasteiger partial charge in [-0.25, -0.2) is 0 Å². The molecule has 0 unspecified atom stereocenters. The van der Waals surface area contributed by atoms with Crippen LogP contribution in [0.1, 0.15) is 48.9 Å². The zero-order valence-electron chi connectivity index (χ0n) is 21.3. The third kappa shape index (κ3) is 3.95. The van der Waals surface area contributed by atoms with E-state index in [9.17, 15) is 0 Å². The van der Waals surface area contributed by atoms with E-state index in [2.05, 4.69) is 106 Å². The molecule has 2 aliphatic rings. The first-order valence-corrected chi connectivity index (χ1v) is 24.9. The first-order valence-electron chi connectivity index (χ1n) is 13.0. The Kier molecular flexibility index (Phi) is 7.95. The zero-order valence-corrected chi connectivity index (χ0v) is 26.9. The molecule has 4 aromatic rings. The Morgan fingerprint density at radius 1 is 0.556 bits per heavy atom. The Labute approximate surface area is 231 Å². The van der Waals surface area contributed by atoms with Gasteiger partial charge in [-0.1, -0.05) is 0 Å². The molecule has 4 heteroatoms. The van der Waals surface area contributed by atoms with Crippen molar-refractivity contribution in [2.75, 3.05) is 0 Å². The number of benzene rings is 4. The predicted octanol–water partition coefficient (Wildman–Crippen LogP) is 7.52. The van der Waals surface area contributed by atoms with E-state index in [1.165, 1.54) is 54.5 Å². The maximum Gasteiger partial charge on any atom is -0.147 e. The first-order chi connectivity index (χ1) is 16.6. The number of rotatable bonds is 6. The van der Waals surface area contributed by atoms with E-state index >= 15 is 0 Å². The van der Waals surface area contributed by atoms with E-state index in [4.69, 9.17) is 0 Å². The number of hydrogen-bond donors (Lipinski definition) is 0. The summed E-state index contributed by atoms with van der Waals surface area (Å²) in [5.41, 5.74) is 12.3. The SMILES string of the molecule is CC[CH2][Zr](=[SiH2])([CH2]CC)([c]1cccc2c1Cc1ccccc1-2)[c]1cccc2c1Cc1ccccc1-2.Cl.Cl. The fourth-order valence-corrected chi connectivity index (χ4v) is 33.2. The minimum absolute atomic E-state index is 0. The molecule has 36 heavy (non-hydrogen) atoms. The molecule has 2 aliphatic carbocycles. The van der Waals surface area contributed by atoms with E-state index in [-0.39, 0.29) is 24.8 Å². The minimum atomic E-state index is -3.65. The summed E-state index contributed by atoms with van der Waals surface area (Å²) in [6.45, 7) is 7.36. The summed E-state index contributed by atoms with van der Waals surface area (Å²) in [7, 11) is 0. The molecule has 0 aliphatic heterocycles. The van der Waals surface area contributed by atoms with E-state index in [1.807, 2.05) is 0 Å². The van der Waals surface area contributed by atoms with Gasteiger partial charge < -0.3 is 0 Å². The van der Waals surface area contributed by atoms with Crippen LogP contribution in [0.4, 0.5) is 0 Å². The van der Waals surface area contributed by atoms with Crippen LogP contribution >= 0.6 is 24.8 Å². The smallest absolute Gasteiger partial charge is 0.147 e. The zero-order chi connectivity index (χ0) is 23.4. The van der Waals surface area contributed by atoms with Crippen LogP contribution in [0.3, 0.4) is 0 Å². The monoisotopic (exact) mass is 608 g/mol. The number of fused-ring (bicyclic) bond motifs is 6. The van der Waals surface area contributed by atoms with Gasteiger partial charge in [-0.15, -0.1) is 24.8 Å². The summed E-state index contributed by atoms with van der Waals surface area (Å²) in [6.07, 6.45) is 4.74. The molecule has 0 saturated carbocycles. The van der Waals surface area contributed by atoms with Crippen LogP contribution in [0.25, 0.3) is 22.3 Å². The fraction of sp³-hybridized carbons (Fsp3) is 0.250. The third-order valence-electron chi connectivity index (χ3n) is 8.82. The topological polar surface area (TPSA) is 0 Å². The van der Waals surface area contributed by atoms with Crippen molar-refractivity contribution in [3.05, 3.63) is 107 Å². The summed E-state index contributed by atoms with van der Waals surface area (Å²) in [5, 5.41) is 0. The van der Waals surface area contributed by atoms with Crippen LogP contribution in [0, 0.1) is 0 Å². The summed E-state index contributed by atoms with van der Waals surface area (Å²) >= 11 is -3.65. The Balaban J connectivity index is 0.00000152. The molecular formula is C32H36Cl2SiZr. The third-order valence-corrected chi connectivity index (χ3v) is 35.1. The number of halogens is 2. The van der Waals surface area contributed by atoms with Crippen LogP contribution in [-0.4, -0.2) is 6.88 Å². The molecule has 0 saturated heterocycles. The quantitative estimate of drug-likeness (QED) is 0.171. The van der Waals surface area contributed by atoms with Gasteiger partial charge in [0.15, 0.2) is 0 Å². The van der Waals surface area contributed by atoms with E-state index in [0.29, 0.717) is 0 Å².